The Morgan fingerprint density at radius 1 is 1.29 bits per heavy atom. The Labute approximate surface area is 83.1 Å². The maximum Gasteiger partial charge on any atom is 0.0992 e. The van der Waals surface area contributed by atoms with Crippen molar-refractivity contribution in [2.45, 2.75) is 0 Å². The summed E-state index contributed by atoms with van der Waals surface area (Å²) >= 11 is 0. The number of nitrogens with two attached hydrogens (primary N) is 1. The van der Waals surface area contributed by atoms with Crippen LogP contribution in [0.3, 0.4) is 0 Å². The molecule has 2 rings (SSSR count). The number of hydrogen-bond acceptors (Lipinski definition) is 3. The van der Waals surface area contributed by atoms with E-state index in [2.05, 4.69) is 23.1 Å². The molecule has 0 spiro atoms. The molecular weight excluding hydrogens is 174 g/mol. The maximum atomic E-state index is 8.77. The summed E-state index contributed by atoms with van der Waals surface area (Å²) in [6.07, 6.45) is 4.19. The number of nitrogen functional groups attached to an aromatic ring is 1. The zero-order chi connectivity index (χ0) is 9.97. The SMILES string of the molecule is N#Cc1ccc(N)c(N2CC=CC2)c1. The van der Waals surface area contributed by atoms with Gasteiger partial charge in [-0.2, -0.15) is 5.26 Å². The second kappa shape index (κ2) is 3.43. The molecule has 0 aromatic heterocycles. The lowest BCUT2D eigenvalue weighted by atomic mass is 10.2. The Kier molecular flexibility index (Phi) is 2.11. The van der Waals surface area contributed by atoms with Crippen LogP contribution >= 0.6 is 0 Å². The summed E-state index contributed by atoms with van der Waals surface area (Å²) in [6.45, 7) is 1.75. The quantitative estimate of drug-likeness (QED) is 0.533. The van der Waals surface area contributed by atoms with Gasteiger partial charge in [0.25, 0.3) is 0 Å². The maximum absolute atomic E-state index is 8.77. The lowest BCUT2D eigenvalue weighted by Gasteiger charge is -2.19. The first-order valence-corrected chi connectivity index (χ1v) is 4.51. The number of nitriles is 1. The third-order valence-electron chi connectivity index (χ3n) is 2.32. The van der Waals surface area contributed by atoms with E-state index in [4.69, 9.17) is 11.0 Å². The van der Waals surface area contributed by atoms with Gasteiger partial charge in [0.1, 0.15) is 0 Å². The molecule has 0 radical (unpaired) electrons. The molecule has 1 heterocycles. The van der Waals surface area contributed by atoms with Gasteiger partial charge in [0.05, 0.1) is 23.0 Å². The Bertz CT molecular complexity index is 407. The Hall–Kier alpha value is -1.95. The van der Waals surface area contributed by atoms with Crippen molar-refractivity contribution in [2.75, 3.05) is 23.7 Å². The van der Waals surface area contributed by atoms with Crippen molar-refractivity contribution in [3.8, 4) is 6.07 Å². The molecule has 0 aliphatic carbocycles. The third-order valence-corrected chi connectivity index (χ3v) is 2.32. The molecule has 3 nitrogen and oxygen atoms in total. The molecule has 14 heavy (non-hydrogen) atoms. The number of nitrogens with zero attached hydrogens (tertiary/aromatic N) is 2. The fourth-order valence-corrected chi connectivity index (χ4v) is 1.56. The van der Waals surface area contributed by atoms with Crippen LogP contribution in [0.1, 0.15) is 5.56 Å². The van der Waals surface area contributed by atoms with Crippen LogP contribution in [0.25, 0.3) is 0 Å². The average molecular weight is 185 g/mol. The minimum absolute atomic E-state index is 0.654. The fraction of sp³-hybridized carbons (Fsp3) is 0.182. The van der Waals surface area contributed by atoms with Crippen LogP contribution in [0.15, 0.2) is 30.4 Å². The summed E-state index contributed by atoms with van der Waals surface area (Å²) in [6, 6.07) is 7.47. The van der Waals surface area contributed by atoms with Crippen LogP contribution in [-0.2, 0) is 0 Å². The zero-order valence-electron chi connectivity index (χ0n) is 7.77. The van der Waals surface area contributed by atoms with Crippen molar-refractivity contribution in [3.63, 3.8) is 0 Å². The van der Waals surface area contributed by atoms with Crippen LogP contribution in [0.2, 0.25) is 0 Å². The van der Waals surface area contributed by atoms with Crippen LogP contribution in [0, 0.1) is 11.3 Å². The molecule has 0 unspecified atom stereocenters. The van der Waals surface area contributed by atoms with E-state index in [0.717, 1.165) is 24.5 Å². The van der Waals surface area contributed by atoms with Crippen molar-refractivity contribution in [1.29, 1.82) is 5.26 Å². The molecule has 0 saturated carbocycles. The van der Waals surface area contributed by atoms with Gasteiger partial charge in [-0.25, -0.2) is 0 Å². The summed E-state index contributed by atoms with van der Waals surface area (Å²) in [5, 5.41) is 8.77. The number of benzene rings is 1. The Morgan fingerprint density at radius 2 is 2.00 bits per heavy atom. The molecule has 1 aromatic carbocycles. The van der Waals surface area contributed by atoms with Gasteiger partial charge in [-0.3, -0.25) is 0 Å². The van der Waals surface area contributed by atoms with Crippen molar-refractivity contribution in [3.05, 3.63) is 35.9 Å². The first-order valence-electron chi connectivity index (χ1n) is 4.51. The molecule has 1 aliphatic heterocycles. The van der Waals surface area contributed by atoms with E-state index < -0.39 is 0 Å². The van der Waals surface area contributed by atoms with Crippen LogP contribution in [0.5, 0.6) is 0 Å². The Balaban J connectivity index is 2.36. The van der Waals surface area contributed by atoms with Crippen molar-refractivity contribution in [1.82, 2.24) is 0 Å². The highest BCUT2D eigenvalue weighted by atomic mass is 15.1. The second-order valence-electron chi connectivity index (χ2n) is 3.26. The molecule has 1 aliphatic rings. The largest absolute Gasteiger partial charge is 0.397 e. The first-order chi connectivity index (χ1) is 6.81. The Morgan fingerprint density at radius 3 is 2.64 bits per heavy atom. The van der Waals surface area contributed by atoms with Crippen molar-refractivity contribution < 1.29 is 0 Å². The van der Waals surface area contributed by atoms with Crippen LogP contribution in [-0.4, -0.2) is 13.1 Å². The predicted octanol–water partition coefficient (Wildman–Crippen LogP) is 1.52. The lowest BCUT2D eigenvalue weighted by Crippen LogP contribution is -2.19. The van der Waals surface area contributed by atoms with E-state index in [0.29, 0.717) is 5.56 Å². The molecule has 2 N–H and O–H groups in total. The molecule has 3 heteroatoms. The van der Waals surface area contributed by atoms with E-state index in [1.54, 1.807) is 12.1 Å². The van der Waals surface area contributed by atoms with Crippen LogP contribution in [0.4, 0.5) is 11.4 Å². The number of rotatable bonds is 1. The average Bonchev–Trinajstić information content (AvgIpc) is 2.71. The van der Waals surface area contributed by atoms with Crippen LogP contribution < -0.4 is 10.6 Å². The topological polar surface area (TPSA) is 53.1 Å². The van der Waals surface area contributed by atoms with Gasteiger partial charge in [0.2, 0.25) is 0 Å². The molecule has 0 fully saturated rings. The zero-order valence-corrected chi connectivity index (χ0v) is 7.77. The van der Waals surface area contributed by atoms with Gasteiger partial charge in [-0.05, 0) is 18.2 Å². The second-order valence-corrected chi connectivity index (χ2v) is 3.26. The van der Waals surface area contributed by atoms with Gasteiger partial charge >= 0.3 is 0 Å². The van der Waals surface area contributed by atoms with E-state index in [9.17, 15) is 0 Å². The van der Waals surface area contributed by atoms with E-state index in [1.807, 2.05) is 6.07 Å². The monoisotopic (exact) mass is 185 g/mol. The molecular formula is C11H11N3. The highest BCUT2D eigenvalue weighted by molar-refractivity contribution is 5.70. The van der Waals surface area contributed by atoms with Crippen molar-refractivity contribution in [2.24, 2.45) is 0 Å². The minimum Gasteiger partial charge on any atom is -0.397 e. The van der Waals surface area contributed by atoms with E-state index in [1.165, 1.54) is 0 Å². The first kappa shape index (κ1) is 8.64. The predicted molar refractivity (Wildman–Crippen MR) is 56.9 cm³/mol. The normalized spacial score (nSPS) is 14.4. The van der Waals surface area contributed by atoms with E-state index >= 15 is 0 Å². The number of hydrogen-bond donors (Lipinski definition) is 1. The highest BCUT2D eigenvalue weighted by Crippen LogP contribution is 2.25. The smallest absolute Gasteiger partial charge is 0.0992 e. The molecule has 0 saturated heterocycles. The third kappa shape index (κ3) is 1.42. The standard InChI is InChI=1S/C11H11N3/c12-8-9-3-4-10(13)11(7-9)14-5-1-2-6-14/h1-4,7H,5-6,13H2. The summed E-state index contributed by atoms with van der Waals surface area (Å²) in [5.74, 6) is 0. The van der Waals surface area contributed by atoms with Gasteiger partial charge in [0, 0.05) is 13.1 Å². The fourth-order valence-electron chi connectivity index (χ4n) is 1.56. The minimum atomic E-state index is 0.654. The molecule has 0 atom stereocenters. The molecule has 0 bridgehead atoms. The summed E-state index contributed by atoms with van der Waals surface area (Å²) in [4.78, 5) is 2.14. The van der Waals surface area contributed by atoms with Gasteiger partial charge in [-0.1, -0.05) is 12.2 Å². The summed E-state index contributed by atoms with van der Waals surface area (Å²) in [5.41, 5.74) is 8.18. The van der Waals surface area contributed by atoms with Gasteiger partial charge < -0.3 is 10.6 Å². The molecule has 1 aromatic rings. The van der Waals surface area contributed by atoms with Crippen molar-refractivity contribution >= 4 is 11.4 Å². The summed E-state index contributed by atoms with van der Waals surface area (Å²) < 4.78 is 0. The van der Waals surface area contributed by atoms with Gasteiger partial charge in [-0.15, -0.1) is 0 Å². The molecule has 70 valence electrons. The summed E-state index contributed by atoms with van der Waals surface area (Å²) in [7, 11) is 0. The highest BCUT2D eigenvalue weighted by Gasteiger charge is 2.11. The number of anilines is 2. The van der Waals surface area contributed by atoms with Gasteiger partial charge in [0.15, 0.2) is 0 Å². The van der Waals surface area contributed by atoms with E-state index in [-0.39, 0.29) is 0 Å². The lowest BCUT2D eigenvalue weighted by molar-refractivity contribution is 1.01. The molecule has 0 amide bonds.